The van der Waals surface area contributed by atoms with Gasteiger partial charge in [0, 0.05) is 11.0 Å². The highest BCUT2D eigenvalue weighted by molar-refractivity contribution is 14.0. The molecule has 0 saturated carbocycles. The molecule has 0 unspecified atom stereocenters. The van der Waals surface area contributed by atoms with Gasteiger partial charge in [0.2, 0.25) is 5.89 Å². The number of ether oxygens (including phenoxy) is 1. The smallest absolute Gasteiger partial charge is 0.216 e. The van der Waals surface area contributed by atoms with E-state index in [4.69, 9.17) is 9.15 Å². The Balaban J connectivity index is 0.00000312. The minimum atomic E-state index is 0. The van der Waals surface area contributed by atoms with E-state index in [1.807, 2.05) is 45.0 Å². The Hall–Kier alpha value is -1.29. The molecule has 0 bridgehead atoms. The number of aromatic nitrogens is 1. The summed E-state index contributed by atoms with van der Waals surface area (Å²) in [6.07, 6.45) is 0. The van der Waals surface area contributed by atoms with Gasteiger partial charge in [0.1, 0.15) is 24.7 Å². The van der Waals surface area contributed by atoms with Crippen molar-refractivity contribution >= 4 is 45.9 Å². The topological polar surface area (TPSA) is 71.7 Å². The zero-order chi connectivity index (χ0) is 17.4. The first kappa shape index (κ1) is 21.8. The van der Waals surface area contributed by atoms with Gasteiger partial charge in [-0.1, -0.05) is 15.9 Å². The molecular formula is C17H24BrIN4O2. The zero-order valence-corrected chi connectivity index (χ0v) is 18.6. The van der Waals surface area contributed by atoms with Crippen molar-refractivity contribution in [2.45, 2.75) is 27.3 Å². The van der Waals surface area contributed by atoms with E-state index < -0.39 is 0 Å². The molecule has 0 aliphatic heterocycles. The number of nitrogens with one attached hydrogen (secondary N) is 2. The molecule has 0 radical (unpaired) electrons. The molecule has 0 atom stereocenters. The van der Waals surface area contributed by atoms with Crippen molar-refractivity contribution in [3.8, 4) is 5.75 Å². The minimum Gasteiger partial charge on any atom is -0.492 e. The van der Waals surface area contributed by atoms with Crippen LogP contribution in [0.2, 0.25) is 0 Å². The largest absolute Gasteiger partial charge is 0.492 e. The minimum absolute atomic E-state index is 0. The van der Waals surface area contributed by atoms with Gasteiger partial charge in [-0.3, -0.25) is 0 Å². The normalized spacial score (nSPS) is 11.0. The summed E-state index contributed by atoms with van der Waals surface area (Å²) < 4.78 is 12.2. The maximum atomic E-state index is 5.67. The fourth-order valence-corrected chi connectivity index (χ4v) is 2.23. The summed E-state index contributed by atoms with van der Waals surface area (Å²) in [5.41, 5.74) is 0.904. The molecule has 0 amide bonds. The molecule has 2 N–H and O–H groups in total. The number of aliphatic imine (C=N–C) groups is 1. The summed E-state index contributed by atoms with van der Waals surface area (Å²) in [7, 11) is 0. The predicted octanol–water partition coefficient (Wildman–Crippen LogP) is 3.81. The summed E-state index contributed by atoms with van der Waals surface area (Å²) >= 11 is 3.40. The Kier molecular flexibility index (Phi) is 9.88. The lowest BCUT2D eigenvalue weighted by molar-refractivity contribution is 0.322. The molecule has 2 aromatic rings. The molecule has 8 heteroatoms. The van der Waals surface area contributed by atoms with Crippen LogP contribution in [0.15, 0.2) is 38.1 Å². The van der Waals surface area contributed by atoms with Crippen LogP contribution in [-0.2, 0) is 6.54 Å². The number of guanidine groups is 1. The van der Waals surface area contributed by atoms with Crippen molar-refractivity contribution in [3.63, 3.8) is 0 Å². The zero-order valence-electron chi connectivity index (χ0n) is 14.6. The van der Waals surface area contributed by atoms with Gasteiger partial charge in [-0.15, -0.1) is 24.0 Å². The van der Waals surface area contributed by atoms with Crippen LogP contribution < -0.4 is 15.4 Å². The first-order valence-electron chi connectivity index (χ1n) is 7.92. The van der Waals surface area contributed by atoms with Gasteiger partial charge in [0.05, 0.1) is 12.2 Å². The summed E-state index contributed by atoms with van der Waals surface area (Å²) in [5, 5.41) is 6.42. The number of halogens is 2. The fraction of sp³-hybridized carbons (Fsp3) is 0.412. The van der Waals surface area contributed by atoms with Crippen LogP contribution in [-0.4, -0.2) is 30.6 Å². The first-order chi connectivity index (χ1) is 11.6. The lowest BCUT2D eigenvalue weighted by Gasteiger charge is -2.11. The Bertz CT molecular complexity index is 654. The van der Waals surface area contributed by atoms with Crippen molar-refractivity contribution in [2.75, 3.05) is 19.7 Å². The van der Waals surface area contributed by atoms with Gasteiger partial charge < -0.3 is 19.8 Å². The van der Waals surface area contributed by atoms with E-state index >= 15 is 0 Å². The summed E-state index contributed by atoms with van der Waals surface area (Å²) in [6, 6.07) is 7.76. The van der Waals surface area contributed by atoms with Gasteiger partial charge in [0.25, 0.3) is 0 Å². The number of rotatable bonds is 7. The SMILES string of the molecule is CCNC(=NCc1nc(C)c(C)o1)NCCOc1ccc(Br)cc1.I. The highest BCUT2D eigenvalue weighted by atomic mass is 127. The highest BCUT2D eigenvalue weighted by Crippen LogP contribution is 2.15. The van der Waals surface area contributed by atoms with Crippen LogP contribution in [0.3, 0.4) is 0 Å². The molecule has 2 rings (SSSR count). The lowest BCUT2D eigenvalue weighted by Crippen LogP contribution is -2.39. The maximum absolute atomic E-state index is 5.67. The highest BCUT2D eigenvalue weighted by Gasteiger charge is 2.05. The average molecular weight is 523 g/mol. The van der Waals surface area contributed by atoms with Crippen molar-refractivity contribution in [1.29, 1.82) is 0 Å². The summed E-state index contributed by atoms with van der Waals surface area (Å²) in [6.45, 7) is 8.22. The second kappa shape index (κ2) is 11.3. The molecule has 0 aliphatic rings. The van der Waals surface area contributed by atoms with Crippen molar-refractivity contribution in [1.82, 2.24) is 15.6 Å². The third-order valence-electron chi connectivity index (χ3n) is 3.27. The molecule has 0 aliphatic carbocycles. The number of hydrogen-bond acceptors (Lipinski definition) is 4. The average Bonchev–Trinajstić information content (AvgIpc) is 2.89. The number of aryl methyl sites for hydroxylation is 2. The molecule has 1 aromatic carbocycles. The molecule has 138 valence electrons. The number of oxazole rings is 1. The molecular weight excluding hydrogens is 499 g/mol. The predicted molar refractivity (Wildman–Crippen MR) is 114 cm³/mol. The third-order valence-corrected chi connectivity index (χ3v) is 3.80. The Morgan fingerprint density at radius 2 is 1.96 bits per heavy atom. The second-order valence-electron chi connectivity index (χ2n) is 5.17. The van der Waals surface area contributed by atoms with E-state index in [0.29, 0.717) is 31.5 Å². The Labute approximate surface area is 174 Å². The van der Waals surface area contributed by atoms with Gasteiger partial charge >= 0.3 is 0 Å². The first-order valence-corrected chi connectivity index (χ1v) is 8.71. The van der Waals surface area contributed by atoms with Crippen LogP contribution in [0.5, 0.6) is 5.75 Å². The Morgan fingerprint density at radius 1 is 1.24 bits per heavy atom. The molecule has 0 spiro atoms. The van der Waals surface area contributed by atoms with Crippen LogP contribution >= 0.6 is 39.9 Å². The number of hydrogen-bond donors (Lipinski definition) is 2. The standard InChI is InChI=1S/C17H23BrN4O2.HI/c1-4-19-17(21-11-16-22-12(2)13(3)24-16)20-9-10-23-15-7-5-14(18)6-8-15;/h5-8H,4,9-11H2,1-3H3,(H2,19,20,21);1H. The molecule has 1 heterocycles. The van der Waals surface area contributed by atoms with Gasteiger partial charge in [-0.25, -0.2) is 9.98 Å². The third kappa shape index (κ3) is 7.64. The monoisotopic (exact) mass is 522 g/mol. The van der Waals surface area contributed by atoms with E-state index in [0.717, 1.165) is 28.2 Å². The molecule has 1 aromatic heterocycles. The van der Waals surface area contributed by atoms with Crippen molar-refractivity contribution < 1.29 is 9.15 Å². The van der Waals surface area contributed by atoms with E-state index in [9.17, 15) is 0 Å². The van der Waals surface area contributed by atoms with Gasteiger partial charge in [0.15, 0.2) is 5.96 Å². The maximum Gasteiger partial charge on any atom is 0.216 e. The molecule has 0 saturated heterocycles. The van der Waals surface area contributed by atoms with Crippen LogP contribution in [0.4, 0.5) is 0 Å². The summed E-state index contributed by atoms with van der Waals surface area (Å²) in [5.74, 6) is 3.01. The van der Waals surface area contributed by atoms with Crippen LogP contribution in [0.1, 0.15) is 24.3 Å². The molecule has 6 nitrogen and oxygen atoms in total. The van der Waals surface area contributed by atoms with E-state index in [1.165, 1.54) is 0 Å². The van der Waals surface area contributed by atoms with Gasteiger partial charge in [-0.05, 0) is 45.0 Å². The van der Waals surface area contributed by atoms with Crippen LogP contribution in [0.25, 0.3) is 0 Å². The molecule has 0 fully saturated rings. The lowest BCUT2D eigenvalue weighted by atomic mass is 10.3. The summed E-state index contributed by atoms with van der Waals surface area (Å²) in [4.78, 5) is 8.80. The van der Waals surface area contributed by atoms with Gasteiger partial charge in [-0.2, -0.15) is 0 Å². The fourth-order valence-electron chi connectivity index (χ4n) is 1.96. The second-order valence-corrected chi connectivity index (χ2v) is 6.09. The van der Waals surface area contributed by atoms with Crippen molar-refractivity contribution in [3.05, 3.63) is 46.1 Å². The quantitative estimate of drug-likeness (QED) is 0.250. The number of nitrogens with zero attached hydrogens (tertiary/aromatic N) is 2. The van der Waals surface area contributed by atoms with Crippen molar-refractivity contribution in [2.24, 2.45) is 4.99 Å². The van der Waals surface area contributed by atoms with Crippen LogP contribution in [0, 0.1) is 13.8 Å². The Morgan fingerprint density at radius 3 is 2.56 bits per heavy atom. The van der Waals surface area contributed by atoms with E-state index in [1.54, 1.807) is 0 Å². The van der Waals surface area contributed by atoms with E-state index in [2.05, 4.69) is 36.5 Å². The number of benzene rings is 1. The molecule has 25 heavy (non-hydrogen) atoms. The van der Waals surface area contributed by atoms with E-state index in [-0.39, 0.29) is 24.0 Å².